The minimum absolute atomic E-state index is 0.0845. The Labute approximate surface area is 144 Å². The summed E-state index contributed by atoms with van der Waals surface area (Å²) in [5, 5.41) is 2.52. The van der Waals surface area contributed by atoms with Gasteiger partial charge in [0.15, 0.2) is 0 Å². The van der Waals surface area contributed by atoms with Crippen LogP contribution in [0.1, 0.15) is 23.5 Å². The van der Waals surface area contributed by atoms with Gasteiger partial charge < -0.3 is 5.32 Å². The summed E-state index contributed by atoms with van der Waals surface area (Å²) in [5.74, 6) is -1.37. The van der Waals surface area contributed by atoms with Crippen molar-refractivity contribution >= 4 is 27.5 Å². The van der Waals surface area contributed by atoms with Gasteiger partial charge in [0, 0.05) is 10.4 Å². The quantitative estimate of drug-likeness (QED) is 0.690. The van der Waals surface area contributed by atoms with E-state index in [1.165, 1.54) is 24.3 Å². The smallest absolute Gasteiger partial charge is 0.323 e. The topological polar surface area (TPSA) is 29.1 Å². The minimum atomic E-state index is -4.38. The molecule has 3 rings (SSSR count). The van der Waals surface area contributed by atoms with Gasteiger partial charge in [-0.3, -0.25) is 4.79 Å². The molecular weight excluding hydrogens is 390 g/mol. The van der Waals surface area contributed by atoms with Gasteiger partial charge in [-0.05, 0) is 48.2 Å². The molecule has 7 heteroatoms. The van der Waals surface area contributed by atoms with E-state index in [1.54, 1.807) is 6.07 Å². The third-order valence-electron chi connectivity index (χ3n) is 3.98. The van der Waals surface area contributed by atoms with E-state index < -0.39 is 17.6 Å². The molecule has 1 N–H and O–H groups in total. The molecule has 0 bridgehead atoms. The molecule has 1 amide bonds. The maximum absolute atomic E-state index is 13.7. The highest BCUT2D eigenvalue weighted by Crippen LogP contribution is 2.48. The van der Waals surface area contributed by atoms with Crippen molar-refractivity contribution in [2.45, 2.75) is 18.5 Å². The first-order valence-corrected chi connectivity index (χ1v) is 7.98. The van der Waals surface area contributed by atoms with Crippen LogP contribution in [0.3, 0.4) is 0 Å². The summed E-state index contributed by atoms with van der Waals surface area (Å²) in [6, 6.07) is 9.11. The average Bonchev–Trinajstić information content (AvgIpc) is 3.30. The van der Waals surface area contributed by atoms with Crippen LogP contribution < -0.4 is 5.32 Å². The molecule has 2 unspecified atom stereocenters. The van der Waals surface area contributed by atoms with Crippen LogP contribution in [-0.2, 0) is 11.0 Å². The van der Waals surface area contributed by atoms with Gasteiger partial charge in [0.05, 0.1) is 11.3 Å². The molecule has 0 aliphatic heterocycles. The van der Waals surface area contributed by atoms with Crippen LogP contribution in [0.2, 0.25) is 0 Å². The number of carbonyl (C=O) groups excluding carboxylic acids is 1. The van der Waals surface area contributed by atoms with Crippen molar-refractivity contribution in [3.8, 4) is 0 Å². The largest absolute Gasteiger partial charge is 0.416 e. The second-order valence-corrected chi connectivity index (χ2v) is 6.60. The maximum atomic E-state index is 13.7. The standard InChI is InChI=1S/C17H12BrF4NO/c18-11-5-6-15(14(19)7-11)23-16(24)13-8-12(13)9-1-3-10(4-2-9)17(20,21)22/h1-7,12-13H,8H2,(H,23,24). The maximum Gasteiger partial charge on any atom is 0.416 e. The van der Waals surface area contributed by atoms with Crippen LogP contribution in [0, 0.1) is 11.7 Å². The average molecular weight is 402 g/mol. The first kappa shape index (κ1) is 17.0. The molecule has 126 valence electrons. The number of hydrogen-bond acceptors (Lipinski definition) is 1. The number of carbonyl (C=O) groups is 1. The normalized spacial score (nSPS) is 19.9. The second-order valence-electron chi connectivity index (χ2n) is 5.68. The number of benzene rings is 2. The lowest BCUT2D eigenvalue weighted by Gasteiger charge is -2.08. The van der Waals surface area contributed by atoms with Crippen LogP contribution in [0.15, 0.2) is 46.9 Å². The van der Waals surface area contributed by atoms with E-state index in [2.05, 4.69) is 21.2 Å². The number of hydrogen-bond donors (Lipinski definition) is 1. The van der Waals surface area contributed by atoms with E-state index in [1.807, 2.05) is 0 Å². The lowest BCUT2D eigenvalue weighted by Crippen LogP contribution is -2.15. The van der Waals surface area contributed by atoms with E-state index in [-0.39, 0.29) is 23.4 Å². The van der Waals surface area contributed by atoms with Gasteiger partial charge in [0.2, 0.25) is 5.91 Å². The summed E-state index contributed by atoms with van der Waals surface area (Å²) in [5.41, 5.74) is 0.0468. The molecule has 1 fully saturated rings. The van der Waals surface area contributed by atoms with Gasteiger partial charge in [0.1, 0.15) is 5.82 Å². The second kappa shape index (κ2) is 6.20. The van der Waals surface area contributed by atoms with Crippen LogP contribution >= 0.6 is 15.9 Å². The zero-order valence-electron chi connectivity index (χ0n) is 12.2. The van der Waals surface area contributed by atoms with Crippen molar-refractivity contribution in [2.75, 3.05) is 5.32 Å². The monoisotopic (exact) mass is 401 g/mol. The molecule has 0 spiro atoms. The zero-order valence-corrected chi connectivity index (χ0v) is 13.8. The zero-order chi connectivity index (χ0) is 17.5. The summed E-state index contributed by atoms with van der Waals surface area (Å²) < 4.78 is 51.9. The number of nitrogens with one attached hydrogen (secondary N) is 1. The predicted molar refractivity (Wildman–Crippen MR) is 85.0 cm³/mol. The molecule has 2 atom stereocenters. The molecule has 0 radical (unpaired) electrons. The predicted octanol–water partition coefficient (Wildman–Crippen LogP) is 5.35. The van der Waals surface area contributed by atoms with E-state index in [0.29, 0.717) is 16.5 Å². The fourth-order valence-corrected chi connectivity index (χ4v) is 2.92. The summed E-state index contributed by atoms with van der Waals surface area (Å²) in [6.45, 7) is 0. The molecule has 2 aromatic carbocycles. The summed E-state index contributed by atoms with van der Waals surface area (Å²) in [7, 11) is 0. The summed E-state index contributed by atoms with van der Waals surface area (Å²) >= 11 is 3.13. The van der Waals surface area contributed by atoms with Crippen molar-refractivity contribution < 1.29 is 22.4 Å². The SMILES string of the molecule is O=C(Nc1ccc(Br)cc1F)C1CC1c1ccc(C(F)(F)F)cc1. The van der Waals surface area contributed by atoms with Gasteiger partial charge >= 0.3 is 6.18 Å². The first-order chi connectivity index (χ1) is 11.3. The lowest BCUT2D eigenvalue weighted by molar-refractivity contribution is -0.137. The van der Waals surface area contributed by atoms with Crippen molar-refractivity contribution in [3.05, 3.63) is 63.9 Å². The Balaban J connectivity index is 1.65. The third-order valence-corrected chi connectivity index (χ3v) is 4.48. The highest BCUT2D eigenvalue weighted by molar-refractivity contribution is 9.10. The third kappa shape index (κ3) is 3.61. The molecule has 1 aliphatic carbocycles. The molecule has 1 aliphatic rings. The number of halogens is 5. The molecule has 0 saturated heterocycles. The molecular formula is C17H12BrF4NO. The Bertz CT molecular complexity index is 773. The first-order valence-electron chi connectivity index (χ1n) is 7.19. The fraction of sp³-hybridized carbons (Fsp3) is 0.235. The Morgan fingerprint density at radius 1 is 1.12 bits per heavy atom. The number of rotatable bonds is 3. The highest BCUT2D eigenvalue weighted by atomic mass is 79.9. The van der Waals surface area contributed by atoms with Gasteiger partial charge in [0.25, 0.3) is 0 Å². The Morgan fingerprint density at radius 2 is 1.79 bits per heavy atom. The van der Waals surface area contributed by atoms with E-state index in [9.17, 15) is 22.4 Å². The molecule has 2 nitrogen and oxygen atoms in total. The number of anilines is 1. The number of alkyl halides is 3. The molecule has 24 heavy (non-hydrogen) atoms. The van der Waals surface area contributed by atoms with Crippen LogP contribution in [0.4, 0.5) is 23.2 Å². The van der Waals surface area contributed by atoms with Crippen LogP contribution in [-0.4, -0.2) is 5.91 Å². The Morgan fingerprint density at radius 3 is 2.38 bits per heavy atom. The Kier molecular flexibility index (Phi) is 4.38. The van der Waals surface area contributed by atoms with E-state index in [0.717, 1.165) is 12.1 Å². The van der Waals surface area contributed by atoms with Crippen molar-refractivity contribution in [3.63, 3.8) is 0 Å². The van der Waals surface area contributed by atoms with Crippen LogP contribution in [0.5, 0.6) is 0 Å². The van der Waals surface area contributed by atoms with E-state index >= 15 is 0 Å². The summed E-state index contributed by atoms with van der Waals surface area (Å²) in [4.78, 5) is 12.2. The van der Waals surface area contributed by atoms with E-state index in [4.69, 9.17) is 0 Å². The Hall–Kier alpha value is -1.89. The minimum Gasteiger partial charge on any atom is -0.323 e. The van der Waals surface area contributed by atoms with Gasteiger partial charge in [-0.1, -0.05) is 28.1 Å². The highest BCUT2D eigenvalue weighted by Gasteiger charge is 2.44. The van der Waals surface area contributed by atoms with Crippen molar-refractivity contribution in [2.24, 2.45) is 5.92 Å². The molecule has 0 aromatic heterocycles. The van der Waals surface area contributed by atoms with Crippen LogP contribution in [0.25, 0.3) is 0 Å². The van der Waals surface area contributed by atoms with Gasteiger partial charge in [-0.2, -0.15) is 13.2 Å². The number of amides is 1. The fourth-order valence-electron chi connectivity index (χ4n) is 2.59. The van der Waals surface area contributed by atoms with Crippen molar-refractivity contribution in [1.82, 2.24) is 0 Å². The molecule has 1 saturated carbocycles. The lowest BCUT2D eigenvalue weighted by atomic mass is 10.1. The van der Waals surface area contributed by atoms with Crippen molar-refractivity contribution in [1.29, 1.82) is 0 Å². The summed E-state index contributed by atoms with van der Waals surface area (Å²) in [6.07, 6.45) is -3.84. The molecule has 2 aromatic rings. The molecule has 0 heterocycles. The van der Waals surface area contributed by atoms with Gasteiger partial charge in [-0.25, -0.2) is 4.39 Å². The van der Waals surface area contributed by atoms with Gasteiger partial charge in [-0.15, -0.1) is 0 Å².